The highest BCUT2D eigenvalue weighted by atomic mass is 32.2. The van der Waals surface area contributed by atoms with Crippen molar-refractivity contribution in [1.82, 2.24) is 25.1 Å². The molecule has 2 unspecified atom stereocenters. The number of hydrogen-bond acceptors (Lipinski definition) is 5. The molecule has 20 heavy (non-hydrogen) atoms. The van der Waals surface area contributed by atoms with E-state index >= 15 is 0 Å². The molecule has 0 amide bonds. The average Bonchev–Trinajstić information content (AvgIpc) is 3.16. The van der Waals surface area contributed by atoms with Crippen LogP contribution in [0.2, 0.25) is 0 Å². The minimum Gasteiger partial charge on any atom is -0.311 e. The van der Waals surface area contributed by atoms with Gasteiger partial charge in [0.1, 0.15) is 5.82 Å². The van der Waals surface area contributed by atoms with Crippen LogP contribution in [-0.2, 0) is 6.54 Å². The topological polar surface area (TPSA) is 55.6 Å². The Hall–Kier alpha value is -1.40. The summed E-state index contributed by atoms with van der Waals surface area (Å²) in [5.74, 6) is 3.45. The van der Waals surface area contributed by atoms with Crippen LogP contribution in [0.5, 0.6) is 0 Å². The van der Waals surface area contributed by atoms with E-state index in [1.807, 2.05) is 24.0 Å². The molecule has 0 spiro atoms. The summed E-state index contributed by atoms with van der Waals surface area (Å²) < 4.78 is 2.32. The number of thioether (sulfide) groups is 1. The van der Waals surface area contributed by atoms with Crippen molar-refractivity contribution in [1.29, 1.82) is 0 Å². The Morgan fingerprint density at radius 1 is 1.30 bits per heavy atom. The molecule has 1 N–H and O–H groups in total. The van der Waals surface area contributed by atoms with Crippen molar-refractivity contribution < 1.29 is 0 Å². The van der Waals surface area contributed by atoms with Gasteiger partial charge in [0.2, 0.25) is 0 Å². The average molecular weight is 287 g/mol. The largest absolute Gasteiger partial charge is 0.311 e. The molecule has 0 saturated carbocycles. The lowest BCUT2D eigenvalue weighted by Gasteiger charge is -2.26. The fraction of sp³-hybridized carbons (Fsp3) is 0.500. The summed E-state index contributed by atoms with van der Waals surface area (Å²) in [7, 11) is 0. The molecule has 0 radical (unpaired) electrons. The predicted molar refractivity (Wildman–Crippen MR) is 78.5 cm³/mol. The van der Waals surface area contributed by atoms with Crippen LogP contribution in [0.25, 0.3) is 0 Å². The van der Waals surface area contributed by atoms with Crippen molar-refractivity contribution in [3.63, 3.8) is 0 Å². The highest BCUT2D eigenvalue weighted by molar-refractivity contribution is 7.99. The molecule has 1 fully saturated rings. The second-order valence-corrected chi connectivity index (χ2v) is 6.55. The van der Waals surface area contributed by atoms with Crippen LogP contribution in [0.4, 0.5) is 0 Å². The molecule has 2 aliphatic heterocycles. The molecule has 4 rings (SSSR count). The van der Waals surface area contributed by atoms with Crippen LogP contribution in [0.3, 0.4) is 0 Å². The zero-order valence-electron chi connectivity index (χ0n) is 11.2. The quantitative estimate of drug-likeness (QED) is 0.914. The zero-order chi connectivity index (χ0) is 13.4. The van der Waals surface area contributed by atoms with Gasteiger partial charge in [0.25, 0.3) is 0 Å². The molecule has 2 aromatic rings. The molecular weight excluding hydrogens is 270 g/mol. The molecule has 4 heterocycles. The number of nitrogens with one attached hydrogen (secondary N) is 1. The van der Waals surface area contributed by atoms with Crippen LogP contribution in [0.15, 0.2) is 24.5 Å². The highest BCUT2D eigenvalue weighted by Gasteiger charge is 2.30. The first kappa shape index (κ1) is 12.3. The van der Waals surface area contributed by atoms with Crippen molar-refractivity contribution in [3.8, 4) is 0 Å². The van der Waals surface area contributed by atoms with Crippen LogP contribution in [-0.4, -0.2) is 32.0 Å². The number of fused-ring (bicyclic) bond motifs is 1. The molecule has 1 saturated heterocycles. The summed E-state index contributed by atoms with van der Waals surface area (Å²) >= 11 is 2.01. The van der Waals surface area contributed by atoms with E-state index in [4.69, 9.17) is 0 Å². The fourth-order valence-electron chi connectivity index (χ4n) is 3.02. The first-order chi connectivity index (χ1) is 9.93. The zero-order valence-corrected chi connectivity index (χ0v) is 12.0. The van der Waals surface area contributed by atoms with E-state index in [-0.39, 0.29) is 6.04 Å². The first-order valence-electron chi connectivity index (χ1n) is 7.11. The van der Waals surface area contributed by atoms with E-state index in [1.165, 1.54) is 18.6 Å². The normalized spacial score (nSPS) is 25.6. The van der Waals surface area contributed by atoms with Crippen molar-refractivity contribution >= 4 is 11.8 Å². The molecule has 2 atom stereocenters. The van der Waals surface area contributed by atoms with Crippen molar-refractivity contribution in [3.05, 3.63) is 41.7 Å². The maximum absolute atomic E-state index is 4.49. The predicted octanol–water partition coefficient (Wildman–Crippen LogP) is 1.93. The third-order valence-corrected chi connectivity index (χ3v) is 5.36. The van der Waals surface area contributed by atoms with Crippen LogP contribution in [0, 0.1) is 0 Å². The number of hydrogen-bond donors (Lipinski definition) is 1. The van der Waals surface area contributed by atoms with Gasteiger partial charge in [-0.3, -0.25) is 4.98 Å². The third-order valence-electron chi connectivity index (χ3n) is 3.99. The minimum atomic E-state index is 0.116. The molecule has 2 aliphatic rings. The van der Waals surface area contributed by atoms with Crippen LogP contribution < -0.4 is 5.32 Å². The molecule has 104 valence electrons. The van der Waals surface area contributed by atoms with Crippen LogP contribution in [0.1, 0.15) is 41.3 Å². The number of nitrogens with zero attached hydrogens (tertiary/aromatic N) is 4. The summed E-state index contributed by atoms with van der Waals surface area (Å²) in [6, 6.07) is 4.18. The van der Waals surface area contributed by atoms with Crippen LogP contribution >= 0.6 is 11.8 Å². The SMILES string of the molecule is c1cncc(C2NCCn3c(C4CCCS4)nnc32)c1. The van der Waals surface area contributed by atoms with E-state index in [0.717, 1.165) is 30.3 Å². The lowest BCUT2D eigenvalue weighted by Crippen LogP contribution is -2.35. The van der Waals surface area contributed by atoms with E-state index in [9.17, 15) is 0 Å². The summed E-state index contributed by atoms with van der Waals surface area (Å²) in [5, 5.41) is 13.0. The molecule has 2 aromatic heterocycles. The van der Waals surface area contributed by atoms with Crippen molar-refractivity contribution in [2.24, 2.45) is 0 Å². The maximum atomic E-state index is 4.49. The van der Waals surface area contributed by atoms with Gasteiger partial charge in [0.05, 0.1) is 11.3 Å². The smallest absolute Gasteiger partial charge is 0.154 e. The number of aromatic nitrogens is 4. The Kier molecular flexibility index (Phi) is 3.20. The monoisotopic (exact) mass is 287 g/mol. The van der Waals surface area contributed by atoms with Gasteiger partial charge in [0, 0.05) is 25.5 Å². The van der Waals surface area contributed by atoms with E-state index in [2.05, 4.69) is 31.1 Å². The Bertz CT molecular complexity index is 591. The molecule has 5 nitrogen and oxygen atoms in total. The van der Waals surface area contributed by atoms with Crippen molar-refractivity contribution in [2.45, 2.75) is 30.7 Å². The molecule has 0 aliphatic carbocycles. The third kappa shape index (κ3) is 2.03. The van der Waals surface area contributed by atoms with Gasteiger partial charge in [-0.1, -0.05) is 6.07 Å². The van der Waals surface area contributed by atoms with Gasteiger partial charge in [-0.25, -0.2) is 0 Å². The van der Waals surface area contributed by atoms with E-state index < -0.39 is 0 Å². The molecule has 6 heteroatoms. The van der Waals surface area contributed by atoms with Crippen molar-refractivity contribution in [2.75, 3.05) is 12.3 Å². The summed E-state index contributed by atoms with van der Waals surface area (Å²) in [4.78, 5) is 4.22. The summed E-state index contributed by atoms with van der Waals surface area (Å²) in [6.45, 7) is 1.92. The minimum absolute atomic E-state index is 0.116. The van der Waals surface area contributed by atoms with Gasteiger partial charge >= 0.3 is 0 Å². The van der Waals surface area contributed by atoms with Gasteiger partial charge < -0.3 is 9.88 Å². The Morgan fingerprint density at radius 3 is 3.05 bits per heavy atom. The van der Waals surface area contributed by atoms with Gasteiger partial charge in [-0.05, 0) is 30.2 Å². The van der Waals surface area contributed by atoms with E-state index in [0.29, 0.717) is 5.25 Å². The molecule has 0 aromatic carbocycles. The molecule has 0 bridgehead atoms. The van der Waals surface area contributed by atoms with Gasteiger partial charge in [-0.2, -0.15) is 11.8 Å². The lowest BCUT2D eigenvalue weighted by molar-refractivity contribution is 0.445. The number of pyridine rings is 1. The summed E-state index contributed by atoms with van der Waals surface area (Å²) in [5.41, 5.74) is 1.16. The first-order valence-corrected chi connectivity index (χ1v) is 8.16. The molecular formula is C14H17N5S. The standard InChI is InChI=1S/C14H17N5S/c1-3-10(9-15-5-1)12-14-18-17-13(11-4-2-8-20-11)19(14)7-6-16-12/h1,3,5,9,11-12,16H,2,4,6-8H2. The fourth-order valence-corrected chi connectivity index (χ4v) is 4.29. The number of rotatable bonds is 2. The van der Waals surface area contributed by atoms with Gasteiger partial charge in [0.15, 0.2) is 5.82 Å². The second-order valence-electron chi connectivity index (χ2n) is 5.24. The Labute approximate surface area is 122 Å². The Morgan fingerprint density at radius 2 is 2.25 bits per heavy atom. The van der Waals surface area contributed by atoms with E-state index in [1.54, 1.807) is 6.20 Å². The lowest BCUT2D eigenvalue weighted by atomic mass is 10.1. The maximum Gasteiger partial charge on any atom is 0.154 e. The van der Waals surface area contributed by atoms with Gasteiger partial charge in [-0.15, -0.1) is 10.2 Å². The highest BCUT2D eigenvalue weighted by Crippen LogP contribution is 2.40. The second kappa shape index (κ2) is 5.18. The Balaban J connectivity index is 1.71. The summed E-state index contributed by atoms with van der Waals surface area (Å²) in [6.07, 6.45) is 6.24.